The Morgan fingerprint density at radius 3 is 1.35 bits per heavy atom. The maximum absolute atomic E-state index is 12.5. The Kier molecular flexibility index (Phi) is 31.2. The Bertz CT molecular complexity index is 807. The summed E-state index contributed by atoms with van der Waals surface area (Å²) in [6, 6.07) is 0. The van der Waals surface area contributed by atoms with Crippen LogP contribution in [0.3, 0.4) is 0 Å². The number of unbranched alkanes of at least 4 members (excludes halogenated alkanes) is 17. The largest absolute Gasteiger partial charge is 0.472 e. The van der Waals surface area contributed by atoms with Gasteiger partial charge in [-0.1, -0.05) is 150 Å². The number of phosphoric ester groups is 1. The Labute approximate surface area is 293 Å². The van der Waals surface area contributed by atoms with E-state index in [1.54, 1.807) is 0 Å². The van der Waals surface area contributed by atoms with Crippen molar-refractivity contribution in [1.29, 1.82) is 0 Å². The molecule has 0 heterocycles. The van der Waals surface area contributed by atoms with Crippen molar-refractivity contribution in [3.63, 3.8) is 0 Å². The van der Waals surface area contributed by atoms with Crippen molar-refractivity contribution in [2.75, 3.05) is 26.4 Å². The van der Waals surface area contributed by atoms with Crippen molar-refractivity contribution in [3.05, 3.63) is 0 Å². The van der Waals surface area contributed by atoms with Gasteiger partial charge in [-0.05, 0) is 24.7 Å². The number of rotatable bonds is 35. The van der Waals surface area contributed by atoms with Crippen molar-refractivity contribution >= 4 is 19.8 Å². The topological polar surface area (TPSA) is 149 Å². The zero-order chi connectivity index (χ0) is 35.9. The molecule has 3 atom stereocenters. The molecule has 0 fully saturated rings. The molecule has 11 heteroatoms. The van der Waals surface area contributed by atoms with Crippen LogP contribution in [0.4, 0.5) is 0 Å². The van der Waals surface area contributed by atoms with Gasteiger partial charge in [-0.2, -0.15) is 0 Å². The zero-order valence-electron chi connectivity index (χ0n) is 31.0. The van der Waals surface area contributed by atoms with Gasteiger partial charge in [0.1, 0.15) is 12.7 Å². The minimum Gasteiger partial charge on any atom is -0.462 e. The van der Waals surface area contributed by atoms with Gasteiger partial charge >= 0.3 is 19.8 Å². The first-order chi connectivity index (χ1) is 22.9. The first-order valence-electron chi connectivity index (χ1n) is 19.2. The average molecular weight is 709 g/mol. The second-order valence-electron chi connectivity index (χ2n) is 14.3. The summed E-state index contributed by atoms with van der Waals surface area (Å²) in [5.41, 5.74) is 0. The third-order valence-electron chi connectivity index (χ3n) is 8.37. The van der Waals surface area contributed by atoms with Gasteiger partial charge in [0.15, 0.2) is 6.10 Å². The monoisotopic (exact) mass is 708 g/mol. The Morgan fingerprint density at radius 2 is 0.938 bits per heavy atom. The Morgan fingerprint density at radius 1 is 0.562 bits per heavy atom. The molecule has 3 N–H and O–H groups in total. The summed E-state index contributed by atoms with van der Waals surface area (Å²) < 4.78 is 32.6. The molecular weight excluding hydrogens is 635 g/mol. The molecule has 0 rings (SSSR count). The van der Waals surface area contributed by atoms with Crippen LogP contribution in [0.15, 0.2) is 0 Å². The van der Waals surface area contributed by atoms with Gasteiger partial charge in [-0.15, -0.1) is 0 Å². The molecule has 286 valence electrons. The highest BCUT2D eigenvalue weighted by atomic mass is 31.2. The van der Waals surface area contributed by atoms with E-state index in [0.29, 0.717) is 12.8 Å². The number of aliphatic hydroxyl groups excluding tert-OH is 2. The number of hydrogen-bond acceptors (Lipinski definition) is 9. The van der Waals surface area contributed by atoms with Crippen LogP contribution in [0.2, 0.25) is 0 Å². The van der Waals surface area contributed by atoms with Crippen LogP contribution in [0.25, 0.3) is 0 Å². The standard InChI is InChI=1S/C37H73O10P/c1-32(2)24-20-16-12-8-6-5-7-9-15-19-23-27-37(41)47-35(31-46-48(42,43)45-29-34(39)28-38)30-44-36(40)26-22-18-14-11-10-13-17-21-25-33(3)4/h32-35,38-39H,5-31H2,1-4H3,(H,42,43)/t34-,35+/m0/s1. The average Bonchev–Trinajstić information content (AvgIpc) is 3.03. The van der Waals surface area contributed by atoms with Crippen molar-refractivity contribution in [3.8, 4) is 0 Å². The number of carbonyl (C=O) groups is 2. The van der Waals surface area contributed by atoms with Crippen LogP contribution in [0.5, 0.6) is 0 Å². The summed E-state index contributed by atoms with van der Waals surface area (Å²) in [6.07, 6.45) is 22.4. The predicted molar refractivity (Wildman–Crippen MR) is 192 cm³/mol. The molecule has 0 radical (unpaired) electrons. The van der Waals surface area contributed by atoms with E-state index in [4.69, 9.17) is 19.1 Å². The summed E-state index contributed by atoms with van der Waals surface area (Å²) in [5, 5.41) is 18.3. The quantitative estimate of drug-likeness (QED) is 0.0330. The molecule has 0 aromatic heterocycles. The predicted octanol–water partition coefficient (Wildman–Crippen LogP) is 9.21. The Hall–Kier alpha value is -1.03. The molecule has 0 aromatic rings. The molecule has 10 nitrogen and oxygen atoms in total. The summed E-state index contributed by atoms with van der Waals surface area (Å²) in [6.45, 7) is 6.97. The summed E-state index contributed by atoms with van der Waals surface area (Å²) in [5.74, 6) is 0.642. The molecule has 0 aromatic carbocycles. The number of aliphatic hydroxyl groups is 2. The highest BCUT2D eigenvalue weighted by Crippen LogP contribution is 2.43. The lowest BCUT2D eigenvalue weighted by molar-refractivity contribution is -0.161. The van der Waals surface area contributed by atoms with Crippen LogP contribution in [-0.4, -0.2) is 65.7 Å². The smallest absolute Gasteiger partial charge is 0.462 e. The third-order valence-corrected chi connectivity index (χ3v) is 9.32. The Balaban J connectivity index is 4.35. The lowest BCUT2D eigenvalue weighted by atomic mass is 10.0. The van der Waals surface area contributed by atoms with Crippen molar-refractivity contribution in [2.24, 2.45) is 11.8 Å². The van der Waals surface area contributed by atoms with Gasteiger partial charge < -0.3 is 24.6 Å². The summed E-state index contributed by atoms with van der Waals surface area (Å²) in [7, 11) is -4.60. The molecule has 0 spiro atoms. The first kappa shape index (κ1) is 47.0. The molecular formula is C37H73O10P. The number of esters is 2. The SMILES string of the molecule is CC(C)CCCCCCCCCCCCCC(=O)O[C@H](COC(=O)CCCCCCCCCCC(C)C)COP(=O)(O)OC[C@@H](O)CO. The number of phosphoric acid groups is 1. The lowest BCUT2D eigenvalue weighted by Gasteiger charge is -2.20. The van der Waals surface area contributed by atoms with Crippen molar-refractivity contribution in [1.82, 2.24) is 0 Å². The normalized spacial score (nSPS) is 14.3. The molecule has 0 aliphatic rings. The van der Waals surface area contributed by atoms with E-state index >= 15 is 0 Å². The van der Waals surface area contributed by atoms with Gasteiger partial charge in [0.25, 0.3) is 0 Å². The number of carbonyl (C=O) groups excluding carboxylic acids is 2. The maximum atomic E-state index is 12.5. The fourth-order valence-electron chi connectivity index (χ4n) is 5.36. The molecule has 0 bridgehead atoms. The second kappa shape index (κ2) is 31.9. The van der Waals surface area contributed by atoms with E-state index in [1.807, 2.05) is 0 Å². The van der Waals surface area contributed by atoms with Gasteiger partial charge in [-0.3, -0.25) is 18.6 Å². The van der Waals surface area contributed by atoms with Crippen LogP contribution < -0.4 is 0 Å². The van der Waals surface area contributed by atoms with E-state index in [-0.39, 0.29) is 19.4 Å². The van der Waals surface area contributed by atoms with Crippen LogP contribution in [0.1, 0.15) is 175 Å². The fraction of sp³-hybridized carbons (Fsp3) is 0.946. The minimum absolute atomic E-state index is 0.189. The summed E-state index contributed by atoms with van der Waals surface area (Å²) >= 11 is 0. The molecule has 0 aliphatic heterocycles. The van der Waals surface area contributed by atoms with E-state index in [1.165, 1.54) is 83.5 Å². The van der Waals surface area contributed by atoms with Gasteiger partial charge in [0, 0.05) is 12.8 Å². The van der Waals surface area contributed by atoms with Crippen LogP contribution in [0, 0.1) is 11.8 Å². The molecule has 0 saturated heterocycles. The zero-order valence-corrected chi connectivity index (χ0v) is 31.9. The maximum Gasteiger partial charge on any atom is 0.472 e. The second-order valence-corrected chi connectivity index (χ2v) is 15.7. The lowest BCUT2D eigenvalue weighted by Crippen LogP contribution is -2.29. The van der Waals surface area contributed by atoms with Crippen LogP contribution in [-0.2, 0) is 32.7 Å². The van der Waals surface area contributed by atoms with Crippen molar-refractivity contribution in [2.45, 2.75) is 188 Å². The van der Waals surface area contributed by atoms with E-state index in [2.05, 4.69) is 32.2 Å². The van der Waals surface area contributed by atoms with Gasteiger partial charge in [0.2, 0.25) is 0 Å². The molecule has 0 amide bonds. The van der Waals surface area contributed by atoms with Gasteiger partial charge in [-0.25, -0.2) is 4.57 Å². The van der Waals surface area contributed by atoms with Gasteiger partial charge in [0.05, 0.1) is 19.8 Å². The van der Waals surface area contributed by atoms with Crippen molar-refractivity contribution < 1.29 is 47.8 Å². The van der Waals surface area contributed by atoms with E-state index in [9.17, 15) is 24.2 Å². The highest BCUT2D eigenvalue weighted by molar-refractivity contribution is 7.47. The first-order valence-corrected chi connectivity index (χ1v) is 20.7. The number of hydrogen-bond donors (Lipinski definition) is 3. The van der Waals surface area contributed by atoms with E-state index < -0.39 is 51.8 Å². The molecule has 0 aliphatic carbocycles. The highest BCUT2D eigenvalue weighted by Gasteiger charge is 2.27. The number of ether oxygens (including phenoxy) is 2. The fourth-order valence-corrected chi connectivity index (χ4v) is 6.15. The summed E-state index contributed by atoms with van der Waals surface area (Å²) in [4.78, 5) is 34.8. The van der Waals surface area contributed by atoms with Crippen LogP contribution >= 0.6 is 7.82 Å². The molecule has 1 unspecified atom stereocenters. The minimum atomic E-state index is -4.60. The van der Waals surface area contributed by atoms with E-state index in [0.717, 1.165) is 50.4 Å². The molecule has 48 heavy (non-hydrogen) atoms. The third kappa shape index (κ3) is 33.5. The molecule has 0 saturated carbocycles.